The van der Waals surface area contributed by atoms with E-state index in [0.29, 0.717) is 51.6 Å². The lowest BCUT2D eigenvalue weighted by Gasteiger charge is -2.34. The van der Waals surface area contributed by atoms with Gasteiger partial charge in [0.05, 0.1) is 18.9 Å². The number of carbonyl (C=O) groups is 2. The molecule has 2 amide bonds. The first-order valence-corrected chi connectivity index (χ1v) is 11.2. The van der Waals surface area contributed by atoms with Crippen LogP contribution in [0, 0.1) is 19.7 Å². The van der Waals surface area contributed by atoms with E-state index >= 15 is 0 Å². The van der Waals surface area contributed by atoms with Crippen LogP contribution in [0.15, 0.2) is 24.3 Å². The van der Waals surface area contributed by atoms with Crippen LogP contribution in [0.3, 0.4) is 0 Å². The Morgan fingerprint density at radius 2 is 1.66 bits per heavy atom. The molecule has 2 aliphatic rings. The van der Waals surface area contributed by atoms with E-state index in [-0.39, 0.29) is 17.6 Å². The maximum absolute atomic E-state index is 13.9. The highest BCUT2D eigenvalue weighted by Crippen LogP contribution is 2.33. The van der Waals surface area contributed by atoms with Gasteiger partial charge in [-0.3, -0.25) is 9.59 Å². The van der Waals surface area contributed by atoms with Crippen LogP contribution in [-0.2, 0) is 16.1 Å². The quantitative estimate of drug-likeness (QED) is 0.730. The Kier molecular flexibility index (Phi) is 6.50. The van der Waals surface area contributed by atoms with Crippen molar-refractivity contribution in [3.05, 3.63) is 52.6 Å². The number of ether oxygens (including phenoxy) is 1. The van der Waals surface area contributed by atoms with Crippen LogP contribution in [0.1, 0.15) is 34.2 Å². The second-order valence-corrected chi connectivity index (χ2v) is 8.52. The SMILES string of the molecule is CC(=O)N1CCN(C(=O)c2c(C)c(N3CCOCC3)c(C)n2Cc2cccc(F)c2)CC1. The van der Waals surface area contributed by atoms with Gasteiger partial charge in [-0.1, -0.05) is 12.1 Å². The molecule has 7 nitrogen and oxygen atoms in total. The Morgan fingerprint density at radius 1 is 1.00 bits per heavy atom. The highest BCUT2D eigenvalue weighted by atomic mass is 19.1. The molecule has 8 heteroatoms. The second-order valence-electron chi connectivity index (χ2n) is 8.52. The summed E-state index contributed by atoms with van der Waals surface area (Å²) in [5, 5.41) is 0. The van der Waals surface area contributed by atoms with Crippen molar-refractivity contribution in [2.75, 3.05) is 57.4 Å². The number of hydrogen-bond donors (Lipinski definition) is 0. The number of benzene rings is 1. The largest absolute Gasteiger partial charge is 0.378 e. The van der Waals surface area contributed by atoms with Crippen molar-refractivity contribution < 1.29 is 18.7 Å². The van der Waals surface area contributed by atoms with Crippen LogP contribution in [0.25, 0.3) is 0 Å². The third kappa shape index (κ3) is 4.37. The maximum atomic E-state index is 13.9. The third-order valence-corrected chi connectivity index (χ3v) is 6.50. The molecule has 0 bridgehead atoms. The maximum Gasteiger partial charge on any atom is 0.270 e. The van der Waals surface area contributed by atoms with Crippen LogP contribution < -0.4 is 4.90 Å². The normalized spacial score (nSPS) is 17.1. The molecule has 0 N–H and O–H groups in total. The van der Waals surface area contributed by atoms with Crippen molar-refractivity contribution in [1.82, 2.24) is 14.4 Å². The fourth-order valence-corrected chi connectivity index (χ4v) is 4.80. The number of rotatable bonds is 4. The third-order valence-electron chi connectivity index (χ3n) is 6.50. The van der Waals surface area contributed by atoms with E-state index in [1.54, 1.807) is 17.9 Å². The van der Waals surface area contributed by atoms with Gasteiger partial charge in [-0.15, -0.1) is 0 Å². The number of aromatic nitrogens is 1. The van der Waals surface area contributed by atoms with Gasteiger partial charge in [0.2, 0.25) is 5.91 Å². The minimum absolute atomic E-state index is 0.0354. The highest BCUT2D eigenvalue weighted by Gasteiger charge is 2.31. The molecule has 1 aromatic carbocycles. The molecule has 2 fully saturated rings. The number of morpholine rings is 1. The Balaban J connectivity index is 1.70. The van der Waals surface area contributed by atoms with E-state index in [9.17, 15) is 14.0 Å². The van der Waals surface area contributed by atoms with Gasteiger partial charge in [-0.25, -0.2) is 4.39 Å². The van der Waals surface area contributed by atoms with E-state index in [2.05, 4.69) is 4.90 Å². The van der Waals surface area contributed by atoms with E-state index in [0.717, 1.165) is 35.6 Å². The summed E-state index contributed by atoms with van der Waals surface area (Å²) in [5.41, 5.74) is 4.46. The molecular formula is C24H31FN4O3. The van der Waals surface area contributed by atoms with Gasteiger partial charge in [-0.05, 0) is 31.5 Å². The van der Waals surface area contributed by atoms with E-state index in [1.165, 1.54) is 12.1 Å². The smallest absolute Gasteiger partial charge is 0.270 e. The first kappa shape index (κ1) is 22.3. The van der Waals surface area contributed by atoms with Crippen molar-refractivity contribution in [3.63, 3.8) is 0 Å². The Hall–Kier alpha value is -2.87. The van der Waals surface area contributed by atoms with Gasteiger partial charge in [0, 0.05) is 64.0 Å². The van der Waals surface area contributed by atoms with Gasteiger partial charge >= 0.3 is 0 Å². The molecule has 0 spiro atoms. The van der Waals surface area contributed by atoms with Crippen LogP contribution in [0.2, 0.25) is 0 Å². The van der Waals surface area contributed by atoms with Crippen LogP contribution in [0.5, 0.6) is 0 Å². The molecule has 4 rings (SSSR count). The molecule has 2 aromatic rings. The van der Waals surface area contributed by atoms with E-state index in [4.69, 9.17) is 4.74 Å². The molecule has 0 radical (unpaired) electrons. The molecule has 3 heterocycles. The minimum atomic E-state index is -0.286. The van der Waals surface area contributed by atoms with Crippen LogP contribution in [-0.4, -0.2) is 78.7 Å². The van der Waals surface area contributed by atoms with Crippen LogP contribution >= 0.6 is 0 Å². The summed E-state index contributed by atoms with van der Waals surface area (Å²) in [5.74, 6) is -0.288. The number of nitrogens with zero attached hydrogens (tertiary/aromatic N) is 4. The van der Waals surface area contributed by atoms with Crippen molar-refractivity contribution >= 4 is 17.5 Å². The average molecular weight is 443 g/mol. The zero-order chi connectivity index (χ0) is 22.8. The summed E-state index contributed by atoms with van der Waals surface area (Å²) in [6, 6.07) is 6.52. The fraction of sp³-hybridized carbons (Fsp3) is 0.500. The minimum Gasteiger partial charge on any atom is -0.378 e. The number of hydrogen-bond acceptors (Lipinski definition) is 4. The topological polar surface area (TPSA) is 58.0 Å². The molecule has 0 saturated carbocycles. The summed E-state index contributed by atoms with van der Waals surface area (Å²) in [6.07, 6.45) is 0. The monoisotopic (exact) mass is 442 g/mol. The molecule has 2 saturated heterocycles. The lowest BCUT2D eigenvalue weighted by molar-refractivity contribution is -0.130. The van der Waals surface area contributed by atoms with Crippen LogP contribution in [0.4, 0.5) is 10.1 Å². The molecule has 2 aliphatic heterocycles. The molecular weight excluding hydrogens is 411 g/mol. The summed E-state index contributed by atoms with van der Waals surface area (Å²) in [6.45, 7) is 11.0. The molecule has 0 aliphatic carbocycles. The van der Waals surface area contributed by atoms with Crippen molar-refractivity contribution in [1.29, 1.82) is 0 Å². The Bertz CT molecular complexity index is 1000. The fourth-order valence-electron chi connectivity index (χ4n) is 4.80. The predicted molar refractivity (Wildman–Crippen MR) is 121 cm³/mol. The van der Waals surface area contributed by atoms with Gasteiger partial charge in [0.1, 0.15) is 11.5 Å². The van der Waals surface area contributed by atoms with Gasteiger partial charge in [0.25, 0.3) is 5.91 Å². The van der Waals surface area contributed by atoms with Gasteiger partial charge in [0.15, 0.2) is 0 Å². The summed E-state index contributed by atoms with van der Waals surface area (Å²) < 4.78 is 21.4. The number of piperazine rings is 1. The van der Waals surface area contributed by atoms with Crippen molar-refractivity contribution in [3.8, 4) is 0 Å². The van der Waals surface area contributed by atoms with Crippen molar-refractivity contribution in [2.24, 2.45) is 0 Å². The first-order valence-electron chi connectivity index (χ1n) is 11.2. The molecule has 1 aromatic heterocycles. The average Bonchev–Trinajstić information content (AvgIpc) is 3.03. The number of halogens is 1. The predicted octanol–water partition coefficient (Wildman–Crippen LogP) is 2.43. The summed E-state index contributed by atoms with van der Waals surface area (Å²) in [7, 11) is 0. The summed E-state index contributed by atoms with van der Waals surface area (Å²) >= 11 is 0. The standard InChI is InChI=1S/C24H31FN4O3/c1-17-22(27-11-13-32-14-12-27)18(2)29(16-20-5-4-6-21(25)15-20)23(17)24(31)28-9-7-26(8-10-28)19(3)30/h4-6,15H,7-14,16H2,1-3H3. The van der Waals surface area contributed by atoms with E-state index < -0.39 is 0 Å². The Labute approximate surface area is 188 Å². The molecule has 0 atom stereocenters. The number of amides is 2. The molecule has 172 valence electrons. The molecule has 32 heavy (non-hydrogen) atoms. The zero-order valence-corrected chi connectivity index (χ0v) is 19.1. The van der Waals surface area contributed by atoms with Crippen molar-refractivity contribution in [2.45, 2.75) is 27.3 Å². The highest BCUT2D eigenvalue weighted by molar-refractivity contribution is 5.97. The lowest BCUT2D eigenvalue weighted by Crippen LogP contribution is -2.50. The number of anilines is 1. The first-order chi connectivity index (χ1) is 15.4. The van der Waals surface area contributed by atoms with Gasteiger partial charge < -0.3 is 24.0 Å². The zero-order valence-electron chi connectivity index (χ0n) is 19.1. The summed E-state index contributed by atoms with van der Waals surface area (Å²) in [4.78, 5) is 31.3. The number of carbonyl (C=O) groups excluding carboxylic acids is 2. The lowest BCUT2D eigenvalue weighted by atomic mass is 10.1. The van der Waals surface area contributed by atoms with Gasteiger partial charge in [-0.2, -0.15) is 0 Å². The van der Waals surface area contributed by atoms with E-state index in [1.807, 2.05) is 29.4 Å². The second kappa shape index (κ2) is 9.32. The Morgan fingerprint density at radius 3 is 2.28 bits per heavy atom. The molecule has 0 unspecified atom stereocenters.